The number of carbonyl (C=O) groups excluding carboxylic acids is 1. The van der Waals surface area contributed by atoms with Gasteiger partial charge in [-0.1, -0.05) is 57.0 Å². The molecule has 178 valence electrons. The van der Waals surface area contributed by atoms with Crippen molar-refractivity contribution < 1.29 is 27.1 Å². The molecule has 1 saturated carbocycles. The zero-order chi connectivity index (χ0) is 24.4. The third-order valence-electron chi connectivity index (χ3n) is 6.71. The predicted molar refractivity (Wildman–Crippen MR) is 123 cm³/mol. The summed E-state index contributed by atoms with van der Waals surface area (Å²) in [5, 5.41) is 0. The fourth-order valence-electron chi connectivity index (χ4n) is 4.54. The highest BCUT2D eigenvalue weighted by Gasteiger charge is 2.26. The van der Waals surface area contributed by atoms with Crippen LogP contribution in [0.2, 0.25) is 0 Å². The Morgan fingerprint density at radius 1 is 0.824 bits per heavy atom. The van der Waals surface area contributed by atoms with Crippen molar-refractivity contribution in [2.75, 3.05) is 0 Å². The Labute approximate surface area is 196 Å². The normalized spacial score (nSPS) is 18.1. The molecule has 0 unspecified atom stereocenters. The van der Waals surface area contributed by atoms with Crippen molar-refractivity contribution in [1.29, 1.82) is 0 Å². The van der Waals surface area contributed by atoms with Crippen molar-refractivity contribution in [2.45, 2.75) is 51.9 Å². The van der Waals surface area contributed by atoms with Crippen LogP contribution in [0.4, 0.5) is 17.6 Å². The lowest BCUT2D eigenvalue weighted by Gasteiger charge is -2.27. The molecule has 0 N–H and O–H groups in total. The molecule has 0 amide bonds. The van der Waals surface area contributed by atoms with Gasteiger partial charge in [-0.05, 0) is 66.0 Å². The van der Waals surface area contributed by atoms with Crippen LogP contribution in [0, 0.1) is 29.2 Å². The van der Waals surface area contributed by atoms with E-state index in [1.807, 2.05) is 0 Å². The summed E-state index contributed by atoms with van der Waals surface area (Å²) in [6.45, 7) is 3.88. The number of carbonyl (C=O) groups is 1. The van der Waals surface area contributed by atoms with Crippen molar-refractivity contribution in [3.63, 3.8) is 0 Å². The zero-order valence-corrected chi connectivity index (χ0v) is 19.1. The fraction of sp³-hybridized carbons (Fsp3) is 0.321. The monoisotopic (exact) mass is 470 g/mol. The molecule has 4 rings (SSSR count). The molecule has 0 saturated heterocycles. The minimum Gasteiger partial charge on any atom is -0.420 e. The van der Waals surface area contributed by atoms with E-state index < -0.39 is 35.0 Å². The third kappa shape index (κ3) is 4.72. The zero-order valence-electron chi connectivity index (χ0n) is 19.1. The summed E-state index contributed by atoms with van der Waals surface area (Å²) in [6, 6.07) is 11.4. The number of rotatable bonds is 5. The van der Waals surface area contributed by atoms with Crippen LogP contribution in [0.15, 0.2) is 48.5 Å². The molecule has 6 heteroatoms. The fourth-order valence-corrected chi connectivity index (χ4v) is 4.54. The third-order valence-corrected chi connectivity index (χ3v) is 6.71. The van der Waals surface area contributed by atoms with Gasteiger partial charge in [-0.3, -0.25) is 0 Å². The molecule has 34 heavy (non-hydrogen) atoms. The number of hydrogen-bond donors (Lipinski definition) is 0. The lowest BCUT2D eigenvalue weighted by atomic mass is 9.79. The van der Waals surface area contributed by atoms with E-state index in [1.54, 1.807) is 6.92 Å². The van der Waals surface area contributed by atoms with Gasteiger partial charge in [0.2, 0.25) is 5.82 Å². The van der Waals surface area contributed by atoms with E-state index in [4.69, 9.17) is 4.74 Å². The lowest BCUT2D eigenvalue weighted by molar-refractivity contribution is 0.0726. The second-order valence-corrected chi connectivity index (χ2v) is 8.96. The number of benzene rings is 3. The number of ether oxygens (including phenoxy) is 1. The number of halogens is 4. The average Bonchev–Trinajstić information content (AvgIpc) is 2.84. The molecular weight excluding hydrogens is 444 g/mol. The summed E-state index contributed by atoms with van der Waals surface area (Å²) in [4.78, 5) is 12.5. The molecule has 0 atom stereocenters. The van der Waals surface area contributed by atoms with Crippen LogP contribution in [0.1, 0.15) is 66.9 Å². The van der Waals surface area contributed by atoms with Crippen LogP contribution in [0.25, 0.3) is 11.1 Å². The summed E-state index contributed by atoms with van der Waals surface area (Å²) in [7, 11) is 0. The van der Waals surface area contributed by atoms with E-state index in [0.717, 1.165) is 25.7 Å². The minimum absolute atomic E-state index is 0.0420. The average molecular weight is 471 g/mol. The van der Waals surface area contributed by atoms with Crippen molar-refractivity contribution in [1.82, 2.24) is 0 Å². The molecule has 0 bridgehead atoms. The van der Waals surface area contributed by atoms with Gasteiger partial charge in [-0.25, -0.2) is 18.0 Å². The Morgan fingerprint density at radius 3 is 2.15 bits per heavy atom. The Hall–Kier alpha value is -3.15. The molecule has 0 heterocycles. The summed E-state index contributed by atoms with van der Waals surface area (Å²) in [5.74, 6) is -4.84. The van der Waals surface area contributed by atoms with Gasteiger partial charge in [0, 0.05) is 5.56 Å². The van der Waals surface area contributed by atoms with E-state index in [1.165, 1.54) is 48.5 Å². The van der Waals surface area contributed by atoms with Gasteiger partial charge in [0.1, 0.15) is 0 Å². The standard InChI is InChI=1S/C28H26F4O2/c1-3-17-12-13-21(25(30)24(17)29)19-8-10-20(11-9-19)28(33)34-23-15-14-22(26(31)27(23)32)18-6-4-16(2)5-7-18/h8-16,18H,3-7H2,1-2H3. The SMILES string of the molecule is CCc1ccc(-c2ccc(C(=O)Oc3ccc(C4CCC(C)CC4)c(F)c3F)cc2)c(F)c1F. The highest BCUT2D eigenvalue weighted by atomic mass is 19.2. The van der Waals surface area contributed by atoms with Crippen molar-refractivity contribution in [3.05, 3.63) is 88.5 Å². The predicted octanol–water partition coefficient (Wildman–Crippen LogP) is 7.99. The maximum absolute atomic E-state index is 14.7. The van der Waals surface area contributed by atoms with E-state index in [-0.39, 0.29) is 22.6 Å². The molecule has 3 aromatic carbocycles. The van der Waals surface area contributed by atoms with E-state index in [0.29, 0.717) is 23.5 Å². The molecule has 1 aliphatic carbocycles. The van der Waals surface area contributed by atoms with E-state index >= 15 is 0 Å². The Kier molecular flexibility index (Phi) is 7.05. The summed E-state index contributed by atoms with van der Waals surface area (Å²) >= 11 is 0. The summed E-state index contributed by atoms with van der Waals surface area (Å²) < 4.78 is 63.0. The van der Waals surface area contributed by atoms with Crippen molar-refractivity contribution in [3.8, 4) is 16.9 Å². The lowest BCUT2D eigenvalue weighted by Crippen LogP contribution is -2.14. The van der Waals surface area contributed by atoms with Crippen molar-refractivity contribution in [2.24, 2.45) is 5.92 Å². The smallest absolute Gasteiger partial charge is 0.343 e. The Morgan fingerprint density at radius 2 is 1.50 bits per heavy atom. The topological polar surface area (TPSA) is 26.3 Å². The van der Waals surface area contributed by atoms with Gasteiger partial charge in [0.05, 0.1) is 5.56 Å². The number of hydrogen-bond acceptors (Lipinski definition) is 2. The first-order valence-electron chi connectivity index (χ1n) is 11.6. The van der Waals surface area contributed by atoms with Crippen LogP contribution in [0.5, 0.6) is 5.75 Å². The molecule has 0 aliphatic heterocycles. The maximum Gasteiger partial charge on any atom is 0.343 e. The van der Waals surface area contributed by atoms with Gasteiger partial charge >= 0.3 is 5.97 Å². The number of aryl methyl sites for hydroxylation is 1. The van der Waals surface area contributed by atoms with E-state index in [9.17, 15) is 22.4 Å². The van der Waals surface area contributed by atoms with Gasteiger partial charge < -0.3 is 4.74 Å². The molecule has 0 spiro atoms. The van der Waals surface area contributed by atoms with Crippen LogP contribution in [-0.2, 0) is 6.42 Å². The van der Waals surface area contributed by atoms with Gasteiger partial charge in [0.25, 0.3) is 0 Å². The Balaban J connectivity index is 1.50. The van der Waals surface area contributed by atoms with Crippen LogP contribution in [-0.4, -0.2) is 5.97 Å². The van der Waals surface area contributed by atoms with Gasteiger partial charge in [-0.15, -0.1) is 0 Å². The summed E-state index contributed by atoms with van der Waals surface area (Å²) in [5.41, 5.74) is 1.10. The Bertz CT molecular complexity index is 1200. The van der Waals surface area contributed by atoms with Crippen LogP contribution in [0.3, 0.4) is 0 Å². The maximum atomic E-state index is 14.7. The molecule has 0 radical (unpaired) electrons. The summed E-state index contributed by atoms with van der Waals surface area (Å²) in [6.07, 6.45) is 3.91. The quantitative estimate of drug-likeness (QED) is 0.215. The van der Waals surface area contributed by atoms with Crippen LogP contribution < -0.4 is 4.74 Å². The van der Waals surface area contributed by atoms with Gasteiger partial charge in [0.15, 0.2) is 23.2 Å². The molecule has 3 aromatic rings. The first-order valence-corrected chi connectivity index (χ1v) is 11.6. The van der Waals surface area contributed by atoms with E-state index in [2.05, 4.69) is 6.92 Å². The highest BCUT2D eigenvalue weighted by Crippen LogP contribution is 2.38. The second kappa shape index (κ2) is 10.00. The van der Waals surface area contributed by atoms with Crippen molar-refractivity contribution >= 4 is 5.97 Å². The van der Waals surface area contributed by atoms with Crippen LogP contribution >= 0.6 is 0 Å². The molecular formula is C28H26F4O2. The molecule has 1 aliphatic rings. The molecule has 2 nitrogen and oxygen atoms in total. The van der Waals surface area contributed by atoms with Gasteiger partial charge in [-0.2, -0.15) is 4.39 Å². The highest BCUT2D eigenvalue weighted by molar-refractivity contribution is 5.91. The second-order valence-electron chi connectivity index (χ2n) is 8.96. The molecule has 0 aromatic heterocycles. The first-order chi connectivity index (χ1) is 16.3. The minimum atomic E-state index is -1.19. The largest absolute Gasteiger partial charge is 0.420 e. The first kappa shape index (κ1) is 24.0. The molecule has 1 fully saturated rings. The number of esters is 1.